The third-order valence-corrected chi connectivity index (χ3v) is 7.25. The van der Waals surface area contributed by atoms with E-state index in [9.17, 15) is 4.79 Å². The highest BCUT2D eigenvalue weighted by Gasteiger charge is 2.35. The normalized spacial score (nSPS) is 18.2. The molecule has 5 heterocycles. The van der Waals surface area contributed by atoms with Gasteiger partial charge in [-0.3, -0.25) is 9.78 Å². The van der Waals surface area contributed by atoms with E-state index in [0.717, 1.165) is 48.3 Å². The molecule has 0 radical (unpaired) electrons. The Morgan fingerprint density at radius 1 is 1.16 bits per heavy atom. The smallest absolute Gasteiger partial charge is 0.290 e. The molecule has 0 aromatic carbocycles. The SMILES string of the molecule is NC(=O)c1noc(C2CCCN2c2nc(-c3cnccn3)nc3sc4c(c23)CCCC4)n1. The number of rotatable bonds is 4. The predicted molar refractivity (Wildman–Crippen MR) is 117 cm³/mol. The van der Waals surface area contributed by atoms with Gasteiger partial charge in [0.1, 0.15) is 22.4 Å². The standard InChI is InChI=1S/C21H20N8O2S/c22-16(30)18-26-20(31-28-18)13-5-3-9-29(13)19-15-11-4-1-2-6-14(11)32-21(15)27-17(25-19)12-10-23-7-8-24-12/h7-8,10,13H,1-6,9H2,(H2,22,30). The Bertz CT molecular complexity index is 1320. The first kappa shape index (κ1) is 19.2. The summed E-state index contributed by atoms with van der Waals surface area (Å²) in [4.78, 5) is 38.7. The summed E-state index contributed by atoms with van der Waals surface area (Å²) in [6, 6.07) is -0.178. The molecule has 4 aromatic rings. The minimum atomic E-state index is -0.703. The van der Waals surface area contributed by atoms with E-state index in [1.807, 2.05) is 0 Å². The van der Waals surface area contributed by atoms with Crippen LogP contribution in [-0.4, -0.2) is 42.5 Å². The van der Waals surface area contributed by atoms with Gasteiger partial charge in [-0.1, -0.05) is 5.16 Å². The van der Waals surface area contributed by atoms with Crippen LogP contribution in [-0.2, 0) is 12.8 Å². The molecule has 0 spiro atoms. The zero-order valence-electron chi connectivity index (χ0n) is 17.2. The summed E-state index contributed by atoms with van der Waals surface area (Å²) in [5.74, 6) is 0.983. The van der Waals surface area contributed by atoms with Crippen LogP contribution in [0.25, 0.3) is 21.7 Å². The van der Waals surface area contributed by atoms with Crippen molar-refractivity contribution in [1.29, 1.82) is 0 Å². The number of carbonyl (C=O) groups excluding carboxylic acids is 1. The number of hydrogen-bond acceptors (Lipinski definition) is 10. The molecule has 2 aliphatic rings. The number of fused-ring (bicyclic) bond motifs is 3. The lowest BCUT2D eigenvalue weighted by Crippen LogP contribution is -2.25. The molecule has 1 aliphatic carbocycles. The molecule has 1 saturated heterocycles. The fourth-order valence-corrected chi connectivity index (χ4v) is 5.88. The second kappa shape index (κ2) is 7.59. The molecule has 1 unspecified atom stereocenters. The van der Waals surface area contributed by atoms with E-state index in [-0.39, 0.29) is 11.9 Å². The third kappa shape index (κ3) is 3.11. The lowest BCUT2D eigenvalue weighted by Gasteiger charge is -2.25. The van der Waals surface area contributed by atoms with Gasteiger partial charge in [-0.05, 0) is 44.1 Å². The summed E-state index contributed by atoms with van der Waals surface area (Å²) in [7, 11) is 0. The topological polar surface area (TPSA) is 137 Å². The molecule has 1 fully saturated rings. The monoisotopic (exact) mass is 448 g/mol. The van der Waals surface area contributed by atoms with Crippen LogP contribution in [0, 0.1) is 0 Å². The first-order chi connectivity index (χ1) is 15.7. The number of anilines is 1. The highest BCUT2D eigenvalue weighted by molar-refractivity contribution is 7.19. The van der Waals surface area contributed by atoms with E-state index < -0.39 is 5.91 Å². The zero-order chi connectivity index (χ0) is 21.7. The van der Waals surface area contributed by atoms with Gasteiger partial charge in [0.2, 0.25) is 5.89 Å². The van der Waals surface area contributed by atoms with Gasteiger partial charge in [0.25, 0.3) is 11.7 Å². The van der Waals surface area contributed by atoms with Gasteiger partial charge in [0, 0.05) is 23.8 Å². The average Bonchev–Trinajstić information content (AvgIpc) is 3.56. The molecule has 1 aliphatic heterocycles. The van der Waals surface area contributed by atoms with E-state index in [4.69, 9.17) is 20.2 Å². The van der Waals surface area contributed by atoms with E-state index in [1.54, 1.807) is 29.9 Å². The first-order valence-corrected chi connectivity index (χ1v) is 11.5. The molecule has 10 nitrogen and oxygen atoms in total. The molecule has 1 amide bonds. The van der Waals surface area contributed by atoms with Gasteiger partial charge in [0.05, 0.1) is 11.6 Å². The van der Waals surface area contributed by atoms with Crippen molar-refractivity contribution in [2.75, 3.05) is 11.4 Å². The highest BCUT2D eigenvalue weighted by atomic mass is 32.1. The van der Waals surface area contributed by atoms with Crippen LogP contribution in [0.3, 0.4) is 0 Å². The molecule has 0 saturated carbocycles. The fourth-order valence-electron chi connectivity index (χ4n) is 4.62. The molecule has 32 heavy (non-hydrogen) atoms. The van der Waals surface area contributed by atoms with Crippen LogP contribution in [0.4, 0.5) is 5.82 Å². The summed E-state index contributed by atoms with van der Waals surface area (Å²) < 4.78 is 5.42. The third-order valence-electron chi connectivity index (χ3n) is 6.06. The second-order valence-electron chi connectivity index (χ2n) is 8.02. The van der Waals surface area contributed by atoms with Gasteiger partial charge in [0.15, 0.2) is 5.82 Å². The number of thiophene rings is 1. The number of aromatic nitrogens is 6. The van der Waals surface area contributed by atoms with E-state index in [1.165, 1.54) is 23.3 Å². The average molecular weight is 449 g/mol. The van der Waals surface area contributed by atoms with Crippen molar-refractivity contribution in [2.24, 2.45) is 5.73 Å². The molecule has 2 N–H and O–H groups in total. The van der Waals surface area contributed by atoms with Gasteiger partial charge in [-0.25, -0.2) is 15.0 Å². The van der Waals surface area contributed by atoms with Crippen LogP contribution in [0.15, 0.2) is 23.1 Å². The van der Waals surface area contributed by atoms with Crippen molar-refractivity contribution in [3.63, 3.8) is 0 Å². The summed E-state index contributed by atoms with van der Waals surface area (Å²) in [5.41, 5.74) is 7.31. The van der Waals surface area contributed by atoms with Crippen molar-refractivity contribution >= 4 is 33.3 Å². The van der Waals surface area contributed by atoms with Gasteiger partial charge < -0.3 is 15.2 Å². The molecule has 6 rings (SSSR count). The minimum Gasteiger partial charge on any atom is -0.363 e. The maximum atomic E-state index is 11.5. The van der Waals surface area contributed by atoms with Crippen LogP contribution in [0.5, 0.6) is 0 Å². The Balaban J connectivity index is 1.53. The summed E-state index contributed by atoms with van der Waals surface area (Å²) >= 11 is 1.75. The first-order valence-electron chi connectivity index (χ1n) is 10.7. The lowest BCUT2D eigenvalue weighted by molar-refractivity contribution is 0.0987. The summed E-state index contributed by atoms with van der Waals surface area (Å²) in [5, 5.41) is 4.85. The van der Waals surface area contributed by atoms with Crippen molar-refractivity contribution < 1.29 is 9.32 Å². The summed E-state index contributed by atoms with van der Waals surface area (Å²) in [6.45, 7) is 0.787. The fraction of sp³-hybridized carbons (Fsp3) is 0.381. The molecular weight excluding hydrogens is 428 g/mol. The quantitative estimate of drug-likeness (QED) is 0.499. The molecule has 1 atom stereocenters. The number of amides is 1. The summed E-state index contributed by atoms with van der Waals surface area (Å²) in [6.07, 6.45) is 11.2. The largest absolute Gasteiger partial charge is 0.363 e. The van der Waals surface area contributed by atoms with Gasteiger partial charge in [-0.15, -0.1) is 11.3 Å². The Hall–Kier alpha value is -3.47. The minimum absolute atomic E-state index is 0.104. The number of hydrogen-bond donors (Lipinski definition) is 1. The molecule has 11 heteroatoms. The van der Waals surface area contributed by atoms with Gasteiger partial charge in [-0.2, -0.15) is 4.98 Å². The lowest BCUT2D eigenvalue weighted by atomic mass is 9.97. The van der Waals surface area contributed by atoms with Crippen molar-refractivity contribution in [1.82, 2.24) is 30.1 Å². The Morgan fingerprint density at radius 3 is 2.88 bits per heavy atom. The molecular formula is C21H20N8O2S. The Labute approximate surface area is 186 Å². The predicted octanol–water partition coefficient (Wildman–Crippen LogP) is 2.85. The van der Waals surface area contributed by atoms with Crippen LogP contribution >= 0.6 is 11.3 Å². The number of aryl methyl sites for hydroxylation is 2. The van der Waals surface area contributed by atoms with Crippen molar-refractivity contribution in [3.05, 3.63) is 40.7 Å². The highest BCUT2D eigenvalue weighted by Crippen LogP contribution is 2.44. The maximum absolute atomic E-state index is 11.5. The molecule has 0 bridgehead atoms. The number of carbonyl (C=O) groups is 1. The van der Waals surface area contributed by atoms with Crippen molar-refractivity contribution in [3.8, 4) is 11.5 Å². The van der Waals surface area contributed by atoms with Crippen LogP contribution < -0.4 is 10.6 Å². The molecule has 162 valence electrons. The second-order valence-corrected chi connectivity index (χ2v) is 9.11. The van der Waals surface area contributed by atoms with E-state index >= 15 is 0 Å². The maximum Gasteiger partial charge on any atom is 0.290 e. The number of nitrogens with zero attached hydrogens (tertiary/aromatic N) is 7. The van der Waals surface area contributed by atoms with Crippen LogP contribution in [0.1, 0.15) is 58.7 Å². The molecule has 4 aromatic heterocycles. The number of nitrogens with two attached hydrogens (primary N) is 1. The Kier molecular flexibility index (Phi) is 4.56. The van der Waals surface area contributed by atoms with E-state index in [0.29, 0.717) is 17.4 Å². The number of primary amides is 1. The van der Waals surface area contributed by atoms with E-state index in [2.05, 4.69) is 25.0 Å². The van der Waals surface area contributed by atoms with Crippen molar-refractivity contribution in [2.45, 2.75) is 44.6 Å². The Morgan fingerprint density at radius 2 is 2.06 bits per heavy atom. The van der Waals surface area contributed by atoms with Crippen LogP contribution in [0.2, 0.25) is 0 Å². The zero-order valence-corrected chi connectivity index (χ0v) is 18.0. The van der Waals surface area contributed by atoms with Gasteiger partial charge >= 0.3 is 0 Å².